The third kappa shape index (κ3) is 17.0. The predicted molar refractivity (Wildman–Crippen MR) is 298 cm³/mol. The van der Waals surface area contributed by atoms with Crippen LogP contribution >= 0.6 is 0 Å². The quantitative estimate of drug-likeness (QED) is 0.0363. The number of benzene rings is 3. The summed E-state index contributed by atoms with van der Waals surface area (Å²) in [6, 6.07) is 27.5. The van der Waals surface area contributed by atoms with Crippen LogP contribution < -0.4 is 41.2 Å². The number of aryl methyl sites for hydroxylation is 1. The molecule has 4 heterocycles. The SMILES string of the molecule is Cn1cc(-c2ccc(N(C(=O)NCc3ccc(OCCOCCOCCOCCOCCOCCNC(=O)COc4ccc5c(c4)C(=O)N(C4CCC(=O)NC4=O)C5=O)cc3)[C@H]3CC[C@H](Nc4ccc(C#N)cn4)CC3)cc2)ccc1=O. The minimum absolute atomic E-state index is 0.0179. The van der Waals surface area contributed by atoms with E-state index < -0.39 is 35.6 Å². The topological polar surface area (TPSA) is 280 Å². The first-order chi connectivity index (χ1) is 39.9. The molecule has 7 amide bonds. The average molecular weight is 1130 g/mol. The van der Waals surface area contributed by atoms with E-state index in [2.05, 4.69) is 32.3 Å². The van der Waals surface area contributed by atoms with Gasteiger partial charge in [-0.2, -0.15) is 5.26 Å². The third-order valence-corrected chi connectivity index (χ3v) is 13.8. The van der Waals surface area contributed by atoms with E-state index in [1.54, 1.807) is 42.2 Å². The number of carbonyl (C=O) groups excluding carboxylic acids is 6. The fourth-order valence-electron chi connectivity index (χ4n) is 9.47. The first-order valence-corrected chi connectivity index (χ1v) is 27.3. The fourth-order valence-corrected chi connectivity index (χ4v) is 9.47. The van der Waals surface area contributed by atoms with Crippen molar-refractivity contribution in [2.24, 2.45) is 7.05 Å². The van der Waals surface area contributed by atoms with Crippen LogP contribution in [0.25, 0.3) is 11.1 Å². The molecule has 2 aliphatic heterocycles. The molecule has 3 aliphatic rings. The average Bonchev–Trinajstić information content (AvgIpc) is 3.78. The van der Waals surface area contributed by atoms with Crippen molar-refractivity contribution in [3.63, 3.8) is 0 Å². The van der Waals surface area contributed by atoms with Crippen molar-refractivity contribution < 1.29 is 61.9 Å². The molecule has 1 atom stereocenters. The standard InChI is InChI=1S/C59H67N9O14/c1-66-38-43(7-21-55(66)71)42-5-10-45(11-6-42)67(46-12-8-44(9-13-46)64-52-19-4-41(35-60)37-62-52)59(75)63-36-40-2-14-47(15-3-40)81-33-32-80-31-30-79-29-28-78-27-26-77-25-24-76-23-22-61-54(70)39-82-48-16-17-49-50(34-48)58(74)68(57(49)73)51-18-20-53(69)65-56(51)72/h2-7,10-11,14-17,19,21,34,37-38,44,46,51H,8-9,12-13,18,20,22-33,36,39H2,1H3,(H,61,70)(H,62,64)(H,63,75)(H,65,69,72)/t44-,46-,51?. The van der Waals surface area contributed by atoms with Crippen LogP contribution in [0, 0.1) is 11.3 Å². The Hall–Kier alpha value is -8.53. The highest BCUT2D eigenvalue weighted by Gasteiger charge is 2.45. The van der Waals surface area contributed by atoms with Gasteiger partial charge in [0.05, 0.1) is 82.8 Å². The van der Waals surface area contributed by atoms with E-state index in [-0.39, 0.29) is 73.2 Å². The predicted octanol–water partition coefficient (Wildman–Crippen LogP) is 4.52. The molecule has 0 bridgehead atoms. The Labute approximate surface area is 474 Å². The molecule has 1 saturated carbocycles. The second-order valence-corrected chi connectivity index (χ2v) is 19.5. The Morgan fingerprint density at radius 2 is 1.32 bits per heavy atom. The summed E-state index contributed by atoms with van der Waals surface area (Å²) in [6.07, 6.45) is 6.63. The molecule has 82 heavy (non-hydrogen) atoms. The molecule has 432 valence electrons. The number of amides is 7. The summed E-state index contributed by atoms with van der Waals surface area (Å²) >= 11 is 0. The third-order valence-electron chi connectivity index (χ3n) is 13.8. The summed E-state index contributed by atoms with van der Waals surface area (Å²) in [5.74, 6) is -1.28. The molecule has 3 aromatic carbocycles. The maximum Gasteiger partial charge on any atom is 0.322 e. The number of piperidine rings is 1. The number of rotatable bonds is 30. The lowest BCUT2D eigenvalue weighted by Crippen LogP contribution is -2.54. The van der Waals surface area contributed by atoms with E-state index in [4.69, 9.17) is 38.4 Å². The van der Waals surface area contributed by atoms with Gasteiger partial charge in [-0.25, -0.2) is 9.78 Å². The van der Waals surface area contributed by atoms with Gasteiger partial charge in [0.1, 0.15) is 36.0 Å². The molecule has 2 aromatic heterocycles. The minimum atomic E-state index is -1.08. The highest BCUT2D eigenvalue weighted by atomic mass is 16.6. The van der Waals surface area contributed by atoms with Crippen molar-refractivity contribution in [1.82, 2.24) is 30.4 Å². The molecule has 5 aromatic rings. The van der Waals surface area contributed by atoms with Crippen molar-refractivity contribution >= 4 is 47.1 Å². The molecule has 0 spiro atoms. The van der Waals surface area contributed by atoms with E-state index in [9.17, 15) is 33.6 Å². The zero-order chi connectivity index (χ0) is 57.6. The molecule has 4 N–H and O–H groups in total. The van der Waals surface area contributed by atoms with E-state index in [1.807, 2.05) is 59.5 Å². The zero-order valence-corrected chi connectivity index (χ0v) is 45.6. The number of urea groups is 1. The number of hydrogen-bond acceptors (Lipinski definition) is 17. The molecule has 1 unspecified atom stereocenters. The number of nitriles is 1. The van der Waals surface area contributed by atoms with E-state index in [0.717, 1.165) is 58.8 Å². The van der Waals surface area contributed by atoms with Crippen molar-refractivity contribution in [1.29, 1.82) is 5.26 Å². The summed E-state index contributed by atoms with van der Waals surface area (Å²) in [7, 11) is 1.72. The number of nitrogens with zero attached hydrogens (tertiary/aromatic N) is 5. The first-order valence-electron chi connectivity index (χ1n) is 27.3. The monoisotopic (exact) mass is 1130 g/mol. The van der Waals surface area contributed by atoms with Gasteiger partial charge in [0, 0.05) is 62.8 Å². The summed E-state index contributed by atoms with van der Waals surface area (Å²) in [5.41, 5.74) is 4.10. The molecule has 1 saturated heterocycles. The Morgan fingerprint density at radius 1 is 0.683 bits per heavy atom. The van der Waals surface area contributed by atoms with Crippen LogP contribution in [0.4, 0.5) is 16.3 Å². The van der Waals surface area contributed by atoms with Gasteiger partial charge in [0.2, 0.25) is 17.4 Å². The van der Waals surface area contributed by atoms with Crippen molar-refractivity contribution in [2.45, 2.75) is 63.2 Å². The Morgan fingerprint density at radius 3 is 1.95 bits per heavy atom. The molecule has 2 fully saturated rings. The minimum Gasteiger partial charge on any atom is -0.491 e. The van der Waals surface area contributed by atoms with E-state index in [0.29, 0.717) is 83.9 Å². The number of aromatic nitrogens is 2. The second-order valence-electron chi connectivity index (χ2n) is 19.5. The molecular weight excluding hydrogens is 1060 g/mol. The number of nitrogens with one attached hydrogen (secondary N) is 4. The van der Waals surface area contributed by atoms with E-state index >= 15 is 0 Å². The van der Waals surface area contributed by atoms with Gasteiger partial charge in [-0.3, -0.25) is 43.9 Å². The number of pyridine rings is 2. The Bertz CT molecular complexity index is 3090. The van der Waals surface area contributed by atoms with Crippen LogP contribution in [0.1, 0.15) is 70.4 Å². The van der Waals surface area contributed by atoms with Gasteiger partial charge < -0.3 is 53.7 Å². The molecule has 1 aliphatic carbocycles. The fraction of sp³-hybridized carbons (Fsp3) is 0.407. The number of fused-ring (bicyclic) bond motifs is 1. The van der Waals surface area contributed by atoms with Crippen LogP contribution in [0.15, 0.2) is 108 Å². The molecular formula is C59H67N9O14. The normalized spacial score (nSPS) is 16.7. The maximum absolute atomic E-state index is 14.1. The van der Waals surface area contributed by atoms with Crippen molar-refractivity contribution in [3.8, 4) is 28.7 Å². The summed E-state index contributed by atoms with van der Waals surface area (Å²) in [4.78, 5) is 95.2. The van der Waals surface area contributed by atoms with Gasteiger partial charge in [-0.15, -0.1) is 0 Å². The second kappa shape index (κ2) is 30.3. The lowest BCUT2D eigenvalue weighted by Gasteiger charge is -2.37. The summed E-state index contributed by atoms with van der Waals surface area (Å²) in [6.45, 7) is 4.18. The number of ether oxygens (including phenoxy) is 7. The summed E-state index contributed by atoms with van der Waals surface area (Å²) < 4.78 is 40.7. The maximum atomic E-state index is 14.1. The van der Waals surface area contributed by atoms with E-state index in [1.165, 1.54) is 18.2 Å². The number of hydrogen-bond donors (Lipinski definition) is 4. The summed E-state index contributed by atoms with van der Waals surface area (Å²) in [5, 5.41) is 20.6. The van der Waals surface area contributed by atoms with Crippen LogP contribution in [-0.4, -0.2) is 154 Å². The van der Waals surface area contributed by atoms with Crippen molar-refractivity contribution in [2.75, 3.05) is 96.0 Å². The van der Waals surface area contributed by atoms with Crippen LogP contribution in [0.2, 0.25) is 0 Å². The number of carbonyl (C=O) groups is 6. The zero-order valence-electron chi connectivity index (χ0n) is 45.6. The molecule has 23 nitrogen and oxygen atoms in total. The smallest absolute Gasteiger partial charge is 0.322 e. The van der Waals surface area contributed by atoms with Gasteiger partial charge >= 0.3 is 6.03 Å². The lowest BCUT2D eigenvalue weighted by molar-refractivity contribution is -0.136. The largest absolute Gasteiger partial charge is 0.491 e. The Balaban J connectivity index is 0.625. The van der Waals surface area contributed by atoms with Gasteiger partial charge in [-0.1, -0.05) is 24.3 Å². The van der Waals surface area contributed by atoms with Crippen LogP contribution in [0.5, 0.6) is 11.5 Å². The molecule has 8 rings (SSSR count). The Kier molecular flexibility index (Phi) is 22.0. The van der Waals surface area contributed by atoms with Crippen molar-refractivity contribution in [3.05, 3.63) is 136 Å². The molecule has 23 heteroatoms. The van der Waals surface area contributed by atoms with Gasteiger partial charge in [0.25, 0.3) is 17.7 Å². The van der Waals surface area contributed by atoms with Crippen LogP contribution in [-0.2, 0) is 51.7 Å². The molecule has 0 radical (unpaired) electrons. The van der Waals surface area contributed by atoms with Crippen LogP contribution in [0.3, 0.4) is 0 Å². The highest BCUT2D eigenvalue weighted by Crippen LogP contribution is 2.32. The lowest BCUT2D eigenvalue weighted by atomic mass is 9.89. The highest BCUT2D eigenvalue weighted by molar-refractivity contribution is 6.23. The van der Waals surface area contributed by atoms with Gasteiger partial charge in [0.15, 0.2) is 6.61 Å². The first kappa shape index (κ1) is 59.6. The van der Waals surface area contributed by atoms with Gasteiger partial charge in [-0.05, 0) is 109 Å². The number of imide groups is 2. The number of anilines is 2.